The maximum Gasteiger partial charge on any atom is 0.328 e. The number of benzene rings is 2. The first-order valence-corrected chi connectivity index (χ1v) is 14.0. The molecule has 2 atom stereocenters. The Kier molecular flexibility index (Phi) is 10.4. The lowest BCUT2D eigenvalue weighted by Crippen LogP contribution is -2.52. The molecule has 40 heavy (non-hydrogen) atoms. The van der Waals surface area contributed by atoms with Gasteiger partial charge in [0.1, 0.15) is 12.3 Å². The quantitative estimate of drug-likeness (QED) is 0.276. The monoisotopic (exact) mass is 576 g/mol. The van der Waals surface area contributed by atoms with Crippen LogP contribution in [0, 0.1) is 11.7 Å². The van der Waals surface area contributed by atoms with Crippen LogP contribution < -0.4 is 21.3 Å². The number of methoxy groups -OCH3 is 1. The number of nitrogens with zero attached hydrogens (tertiary/aromatic N) is 2. The van der Waals surface area contributed by atoms with Crippen molar-refractivity contribution in [1.82, 2.24) is 19.2 Å². The first kappa shape index (κ1) is 30.7. The summed E-state index contributed by atoms with van der Waals surface area (Å²) in [5.41, 5.74) is -1.43. The summed E-state index contributed by atoms with van der Waals surface area (Å²) < 4.78 is 47.7. The molecule has 216 valence electrons. The normalized spacial score (nSPS) is 13.3. The highest BCUT2D eigenvalue weighted by molar-refractivity contribution is 7.89. The van der Waals surface area contributed by atoms with Gasteiger partial charge in [0.25, 0.3) is 5.56 Å². The summed E-state index contributed by atoms with van der Waals surface area (Å²) >= 11 is 0. The second-order valence-electron chi connectivity index (χ2n) is 9.69. The summed E-state index contributed by atoms with van der Waals surface area (Å²) in [7, 11) is -2.56. The number of amides is 1. The zero-order valence-electron chi connectivity index (χ0n) is 22.4. The predicted octanol–water partition coefficient (Wildman–Crippen LogP) is 1.12. The minimum atomic E-state index is -4.03. The Hall–Kier alpha value is -3.81. The summed E-state index contributed by atoms with van der Waals surface area (Å²) in [6, 6.07) is 13.8. The van der Waals surface area contributed by atoms with Crippen molar-refractivity contribution in [1.29, 1.82) is 0 Å². The molecule has 1 heterocycles. The van der Waals surface area contributed by atoms with E-state index in [4.69, 9.17) is 4.74 Å². The molecule has 0 saturated heterocycles. The van der Waals surface area contributed by atoms with E-state index in [0.717, 1.165) is 9.87 Å². The summed E-state index contributed by atoms with van der Waals surface area (Å²) in [5, 5.41) is 13.9. The van der Waals surface area contributed by atoms with Crippen LogP contribution in [-0.4, -0.2) is 65.6 Å². The average molecular weight is 577 g/mol. The fourth-order valence-electron chi connectivity index (χ4n) is 4.07. The number of H-pyrrole nitrogens is 1. The Morgan fingerprint density at radius 1 is 1.10 bits per heavy atom. The van der Waals surface area contributed by atoms with Crippen molar-refractivity contribution in [2.75, 3.05) is 20.2 Å². The number of aliphatic hydroxyl groups excluding tert-OH is 1. The van der Waals surface area contributed by atoms with E-state index >= 15 is 0 Å². The Bertz CT molecular complexity index is 1510. The molecule has 0 bridgehead atoms. The summed E-state index contributed by atoms with van der Waals surface area (Å²) in [6.07, 6.45) is -0.601. The lowest BCUT2D eigenvalue weighted by molar-refractivity contribution is -0.123. The van der Waals surface area contributed by atoms with Gasteiger partial charge >= 0.3 is 5.69 Å². The van der Waals surface area contributed by atoms with Gasteiger partial charge in [-0.2, -0.15) is 8.70 Å². The van der Waals surface area contributed by atoms with Gasteiger partial charge in [-0.3, -0.25) is 19.1 Å². The van der Waals surface area contributed by atoms with Gasteiger partial charge in [-0.15, -0.1) is 0 Å². The maximum atomic E-state index is 13.7. The minimum absolute atomic E-state index is 0.0178. The molecule has 0 aliphatic rings. The number of aromatic nitrogens is 2. The van der Waals surface area contributed by atoms with Crippen LogP contribution in [-0.2, 0) is 27.8 Å². The van der Waals surface area contributed by atoms with Crippen LogP contribution in [0.25, 0.3) is 0 Å². The summed E-state index contributed by atoms with van der Waals surface area (Å²) in [6.45, 7) is 2.81. The number of carbonyl (C=O) groups is 1. The summed E-state index contributed by atoms with van der Waals surface area (Å²) in [4.78, 5) is 38.0. The zero-order valence-corrected chi connectivity index (χ0v) is 23.2. The second kappa shape index (κ2) is 13.5. The third kappa shape index (κ3) is 8.10. The Morgan fingerprint density at radius 2 is 1.75 bits per heavy atom. The number of nitrogens with one attached hydrogen (secondary N) is 2. The van der Waals surface area contributed by atoms with Crippen molar-refractivity contribution in [2.24, 2.45) is 5.92 Å². The molecular formula is C27H33FN4O7S. The van der Waals surface area contributed by atoms with E-state index in [0.29, 0.717) is 16.5 Å². The Balaban J connectivity index is 1.87. The van der Waals surface area contributed by atoms with Crippen LogP contribution in [0.1, 0.15) is 19.4 Å². The highest BCUT2D eigenvalue weighted by atomic mass is 32.2. The van der Waals surface area contributed by atoms with Gasteiger partial charge in [-0.1, -0.05) is 44.2 Å². The molecule has 0 saturated carbocycles. The maximum absolute atomic E-state index is 13.7. The van der Waals surface area contributed by atoms with Gasteiger partial charge in [-0.05, 0) is 42.2 Å². The molecule has 13 heteroatoms. The van der Waals surface area contributed by atoms with Crippen molar-refractivity contribution in [2.45, 2.75) is 43.9 Å². The molecular weight excluding hydrogens is 543 g/mol. The fourth-order valence-corrected chi connectivity index (χ4v) is 5.69. The Labute approximate surface area is 231 Å². The van der Waals surface area contributed by atoms with Gasteiger partial charge < -0.3 is 15.2 Å². The summed E-state index contributed by atoms with van der Waals surface area (Å²) in [5.74, 6) is -1.57. The number of aromatic amines is 1. The highest BCUT2D eigenvalue weighted by Gasteiger charge is 2.31. The SMILES string of the molecule is COc1ccc(S(=O)(=O)N(CC(C)C)C[C@@H](O)[C@H](Cc2ccccc2)NC(=O)Cn2cc(F)c(=O)[nH]c2=O)cc1. The minimum Gasteiger partial charge on any atom is -0.497 e. The largest absolute Gasteiger partial charge is 0.497 e. The molecule has 0 aliphatic carbocycles. The van der Waals surface area contributed by atoms with Crippen LogP contribution >= 0.6 is 0 Å². The first-order chi connectivity index (χ1) is 18.9. The number of aliphatic hydroxyl groups is 1. The molecule has 3 rings (SSSR count). The molecule has 0 radical (unpaired) electrons. The number of ether oxygens (including phenoxy) is 1. The number of carbonyl (C=O) groups excluding carboxylic acids is 1. The van der Waals surface area contributed by atoms with Crippen molar-refractivity contribution in [3.63, 3.8) is 0 Å². The number of hydrogen-bond donors (Lipinski definition) is 3. The van der Waals surface area contributed by atoms with Gasteiger partial charge in [-0.25, -0.2) is 13.2 Å². The molecule has 11 nitrogen and oxygen atoms in total. The molecule has 3 N–H and O–H groups in total. The van der Waals surface area contributed by atoms with Crippen LogP contribution in [0.15, 0.2) is 75.3 Å². The van der Waals surface area contributed by atoms with Crippen LogP contribution in [0.4, 0.5) is 4.39 Å². The number of sulfonamides is 1. The van der Waals surface area contributed by atoms with E-state index in [2.05, 4.69) is 5.32 Å². The lowest BCUT2D eigenvalue weighted by atomic mass is 10.0. The van der Waals surface area contributed by atoms with E-state index in [1.54, 1.807) is 35.3 Å². The van der Waals surface area contributed by atoms with Crippen LogP contribution in [0.3, 0.4) is 0 Å². The molecule has 0 aliphatic heterocycles. The van der Waals surface area contributed by atoms with Crippen molar-refractivity contribution in [3.05, 3.63) is 93.0 Å². The van der Waals surface area contributed by atoms with E-state index in [-0.39, 0.29) is 30.3 Å². The van der Waals surface area contributed by atoms with Gasteiger partial charge in [0.05, 0.1) is 30.3 Å². The molecule has 0 unspecified atom stereocenters. The van der Waals surface area contributed by atoms with Crippen molar-refractivity contribution >= 4 is 15.9 Å². The van der Waals surface area contributed by atoms with Crippen molar-refractivity contribution in [3.8, 4) is 5.75 Å². The molecule has 3 aromatic rings. The van der Waals surface area contributed by atoms with Crippen LogP contribution in [0.2, 0.25) is 0 Å². The highest BCUT2D eigenvalue weighted by Crippen LogP contribution is 2.21. The third-order valence-corrected chi connectivity index (χ3v) is 7.89. The standard InChI is InChI=1S/C27H33FN4O7S/c1-18(2)14-32(40(37,38)21-11-9-20(39-3)10-12-21)16-24(33)23(13-19-7-5-4-6-8-19)29-25(34)17-31-15-22(28)26(35)30-27(31)36/h4-12,15,18,23-24,33H,13-14,16-17H2,1-3H3,(H,29,34)(H,30,35,36)/t23-,24+/m0/s1. The van der Waals surface area contributed by atoms with Crippen LogP contribution in [0.5, 0.6) is 5.75 Å². The smallest absolute Gasteiger partial charge is 0.328 e. The molecule has 1 amide bonds. The van der Waals surface area contributed by atoms with Gasteiger partial charge in [0.2, 0.25) is 21.7 Å². The zero-order chi connectivity index (χ0) is 29.4. The molecule has 0 spiro atoms. The number of halogens is 1. The molecule has 1 aromatic heterocycles. The average Bonchev–Trinajstić information content (AvgIpc) is 2.91. The number of hydrogen-bond acceptors (Lipinski definition) is 7. The lowest BCUT2D eigenvalue weighted by Gasteiger charge is -2.31. The Morgan fingerprint density at radius 3 is 2.35 bits per heavy atom. The second-order valence-corrected chi connectivity index (χ2v) is 11.6. The number of rotatable bonds is 13. The fraction of sp³-hybridized carbons (Fsp3) is 0.370. The topological polar surface area (TPSA) is 151 Å². The van der Waals surface area contributed by atoms with E-state index in [9.17, 15) is 32.3 Å². The van der Waals surface area contributed by atoms with Gasteiger partial charge in [0, 0.05) is 13.1 Å². The van der Waals surface area contributed by atoms with Crippen molar-refractivity contribution < 1.29 is 27.4 Å². The predicted molar refractivity (Wildman–Crippen MR) is 146 cm³/mol. The van der Waals surface area contributed by atoms with Gasteiger partial charge in [0.15, 0.2) is 0 Å². The first-order valence-electron chi connectivity index (χ1n) is 12.6. The molecule has 2 aromatic carbocycles. The van der Waals surface area contributed by atoms with E-state index in [1.165, 1.54) is 31.4 Å². The molecule has 0 fully saturated rings. The van der Waals surface area contributed by atoms with E-state index in [1.807, 2.05) is 13.8 Å². The van der Waals surface area contributed by atoms with E-state index < -0.39 is 51.7 Å². The third-order valence-electron chi connectivity index (χ3n) is 6.05.